The van der Waals surface area contributed by atoms with Crippen LogP contribution in [0.3, 0.4) is 0 Å². The molecular formula is C32H31N3O7S. The number of aromatic carboxylic acids is 1. The van der Waals surface area contributed by atoms with E-state index in [4.69, 9.17) is 14.2 Å². The largest absolute Gasteiger partial charge is 0.497 e. The van der Waals surface area contributed by atoms with Crippen LogP contribution in [0.1, 0.15) is 52.8 Å². The van der Waals surface area contributed by atoms with E-state index in [1.54, 1.807) is 63.4 Å². The number of carbonyl (C=O) groups is 2. The number of benzene rings is 2. The molecule has 2 aromatic carbocycles. The number of fused-ring (bicyclic) bond motifs is 1. The third-order valence-electron chi connectivity index (χ3n) is 7.38. The van der Waals surface area contributed by atoms with E-state index in [9.17, 15) is 19.5 Å². The standard InChI is InChI=1S/C32H31N3O7S/c1-7-42-31(39)27-18(3)33-32-35(28(27)24-16-23(40-5)12-13-25(24)41-6)29(36)26(43-32)15-21-14-17(2)34(19(21)4)22-10-8-20(9-11-22)30(37)38/h8-16,28H,7H2,1-6H3,(H,37,38)/b26-15-/t28-/m0/s1. The summed E-state index contributed by atoms with van der Waals surface area (Å²) >= 11 is 1.23. The van der Waals surface area contributed by atoms with E-state index in [1.165, 1.54) is 23.0 Å². The van der Waals surface area contributed by atoms with E-state index in [-0.39, 0.29) is 23.3 Å². The van der Waals surface area contributed by atoms with Crippen LogP contribution in [0.25, 0.3) is 11.8 Å². The molecule has 11 heteroatoms. The SMILES string of the molecule is CCOC(=O)C1=C(C)N=c2s/c(=C\c3cc(C)n(-c4ccc(C(=O)O)cc4)c3C)c(=O)n2[C@H]1c1cc(OC)ccc1OC. The summed E-state index contributed by atoms with van der Waals surface area (Å²) in [6.45, 7) is 7.50. The van der Waals surface area contributed by atoms with E-state index >= 15 is 0 Å². The Balaban J connectivity index is 1.70. The second-order valence-corrected chi connectivity index (χ2v) is 10.9. The van der Waals surface area contributed by atoms with E-state index < -0.39 is 18.0 Å². The number of carboxylic acids is 1. The maximum atomic E-state index is 14.1. The quantitative estimate of drug-likeness (QED) is 0.304. The van der Waals surface area contributed by atoms with Gasteiger partial charge in [0.1, 0.15) is 17.5 Å². The molecule has 0 saturated carbocycles. The number of esters is 1. The molecule has 0 spiro atoms. The molecule has 0 unspecified atom stereocenters. The van der Waals surface area contributed by atoms with Crippen molar-refractivity contribution in [1.29, 1.82) is 0 Å². The molecule has 43 heavy (non-hydrogen) atoms. The summed E-state index contributed by atoms with van der Waals surface area (Å²) in [6, 6.07) is 13.0. The van der Waals surface area contributed by atoms with Crippen molar-refractivity contribution in [3.8, 4) is 17.2 Å². The van der Waals surface area contributed by atoms with Crippen LogP contribution in [0.4, 0.5) is 0 Å². The number of hydrogen-bond donors (Lipinski definition) is 1. The van der Waals surface area contributed by atoms with Gasteiger partial charge in [-0.3, -0.25) is 9.36 Å². The Morgan fingerprint density at radius 3 is 2.40 bits per heavy atom. The third kappa shape index (κ3) is 5.27. The van der Waals surface area contributed by atoms with Gasteiger partial charge in [0.15, 0.2) is 4.80 Å². The Kier molecular flexibility index (Phi) is 8.10. The molecule has 0 aliphatic carbocycles. The van der Waals surface area contributed by atoms with Gasteiger partial charge < -0.3 is 23.9 Å². The normalized spacial score (nSPS) is 14.7. The van der Waals surface area contributed by atoms with E-state index in [0.29, 0.717) is 32.1 Å². The average Bonchev–Trinajstić information content (AvgIpc) is 3.45. The van der Waals surface area contributed by atoms with Crippen molar-refractivity contribution in [1.82, 2.24) is 9.13 Å². The molecule has 4 aromatic rings. The number of hydrogen-bond acceptors (Lipinski definition) is 8. The molecule has 0 saturated heterocycles. The second kappa shape index (κ2) is 11.8. The Labute approximate surface area is 251 Å². The van der Waals surface area contributed by atoms with Crippen molar-refractivity contribution >= 4 is 29.4 Å². The molecule has 10 nitrogen and oxygen atoms in total. The summed E-state index contributed by atoms with van der Waals surface area (Å²) in [6.07, 6.45) is 1.82. The maximum Gasteiger partial charge on any atom is 0.338 e. The van der Waals surface area contributed by atoms with Gasteiger partial charge >= 0.3 is 11.9 Å². The summed E-state index contributed by atoms with van der Waals surface area (Å²) < 4.78 is 20.5. The lowest BCUT2D eigenvalue weighted by molar-refractivity contribution is -0.139. The number of aromatic nitrogens is 2. The fourth-order valence-electron chi connectivity index (χ4n) is 5.36. The van der Waals surface area contributed by atoms with Gasteiger partial charge in [-0.1, -0.05) is 11.3 Å². The van der Waals surface area contributed by atoms with Crippen LogP contribution in [0.5, 0.6) is 11.5 Å². The Hall–Kier alpha value is -4.90. The molecule has 5 rings (SSSR count). The molecule has 2 aromatic heterocycles. The highest BCUT2D eigenvalue weighted by molar-refractivity contribution is 7.07. The van der Waals surface area contributed by atoms with Gasteiger partial charge in [0.2, 0.25) is 0 Å². The number of carboxylic acid groups (broad SMARTS) is 1. The zero-order chi connectivity index (χ0) is 31.0. The summed E-state index contributed by atoms with van der Waals surface area (Å²) in [7, 11) is 3.07. The highest BCUT2D eigenvalue weighted by Crippen LogP contribution is 2.37. The van der Waals surface area contributed by atoms with Gasteiger partial charge in [0, 0.05) is 22.6 Å². The van der Waals surface area contributed by atoms with Crippen molar-refractivity contribution < 1.29 is 28.9 Å². The summed E-state index contributed by atoms with van der Waals surface area (Å²) in [4.78, 5) is 43.8. The number of nitrogens with zero attached hydrogens (tertiary/aromatic N) is 3. The zero-order valence-electron chi connectivity index (χ0n) is 24.6. The first kappa shape index (κ1) is 29.6. The first-order chi connectivity index (χ1) is 20.6. The average molecular weight is 602 g/mol. The monoisotopic (exact) mass is 601 g/mol. The van der Waals surface area contributed by atoms with E-state index in [0.717, 1.165) is 22.6 Å². The summed E-state index contributed by atoms with van der Waals surface area (Å²) in [5, 5.41) is 9.26. The van der Waals surface area contributed by atoms with Crippen LogP contribution >= 0.6 is 11.3 Å². The lowest BCUT2D eigenvalue weighted by atomic mass is 9.94. The fraction of sp³-hybridized carbons (Fsp3) is 0.250. The van der Waals surface area contributed by atoms with Crippen molar-refractivity contribution in [2.75, 3.05) is 20.8 Å². The predicted molar refractivity (Wildman–Crippen MR) is 162 cm³/mol. The third-order valence-corrected chi connectivity index (χ3v) is 8.36. The van der Waals surface area contributed by atoms with Crippen molar-refractivity contribution in [3.63, 3.8) is 0 Å². The van der Waals surface area contributed by atoms with Crippen molar-refractivity contribution in [2.24, 2.45) is 4.99 Å². The first-order valence-electron chi connectivity index (χ1n) is 13.5. The molecule has 1 atom stereocenters. The minimum absolute atomic E-state index is 0.163. The van der Waals surface area contributed by atoms with E-state index in [1.807, 2.05) is 30.6 Å². The molecule has 1 N–H and O–H groups in total. The maximum absolute atomic E-state index is 14.1. The number of ether oxygens (including phenoxy) is 3. The smallest absolute Gasteiger partial charge is 0.338 e. The lowest BCUT2D eigenvalue weighted by Gasteiger charge is -2.26. The van der Waals surface area contributed by atoms with Gasteiger partial charge in [-0.05, 0) is 87.9 Å². The molecule has 1 aliphatic heterocycles. The van der Waals surface area contributed by atoms with Gasteiger partial charge in [-0.25, -0.2) is 14.6 Å². The van der Waals surface area contributed by atoms with Crippen molar-refractivity contribution in [3.05, 3.63) is 108 Å². The Morgan fingerprint density at radius 2 is 1.77 bits per heavy atom. The van der Waals surface area contributed by atoms with Crippen LogP contribution in [-0.4, -0.2) is 47.0 Å². The minimum atomic E-state index is -0.991. The Morgan fingerprint density at radius 1 is 1.05 bits per heavy atom. The molecule has 0 amide bonds. The van der Waals surface area contributed by atoms with Gasteiger partial charge in [0.25, 0.3) is 5.56 Å². The lowest BCUT2D eigenvalue weighted by Crippen LogP contribution is -2.40. The van der Waals surface area contributed by atoms with Gasteiger partial charge in [-0.15, -0.1) is 0 Å². The molecular weight excluding hydrogens is 570 g/mol. The topological polar surface area (TPSA) is 121 Å². The molecule has 222 valence electrons. The minimum Gasteiger partial charge on any atom is -0.497 e. The number of carbonyl (C=O) groups excluding carboxylic acids is 1. The zero-order valence-corrected chi connectivity index (χ0v) is 25.4. The van der Waals surface area contributed by atoms with Crippen LogP contribution in [-0.2, 0) is 9.53 Å². The highest BCUT2D eigenvalue weighted by atomic mass is 32.1. The molecule has 0 radical (unpaired) electrons. The molecule has 0 bridgehead atoms. The number of allylic oxidation sites excluding steroid dienone is 1. The molecule has 1 aliphatic rings. The molecule has 0 fully saturated rings. The van der Waals surface area contributed by atoms with Gasteiger partial charge in [-0.2, -0.15) is 0 Å². The summed E-state index contributed by atoms with van der Waals surface area (Å²) in [5.41, 5.74) is 4.56. The van der Waals surface area contributed by atoms with Crippen LogP contribution in [0, 0.1) is 13.8 Å². The number of methoxy groups -OCH3 is 2. The van der Waals surface area contributed by atoms with Crippen LogP contribution in [0.2, 0.25) is 0 Å². The fourth-order valence-corrected chi connectivity index (χ4v) is 6.40. The first-order valence-corrected chi connectivity index (χ1v) is 14.4. The second-order valence-electron chi connectivity index (χ2n) is 9.92. The van der Waals surface area contributed by atoms with Crippen LogP contribution in [0.15, 0.2) is 69.6 Å². The molecule has 3 heterocycles. The summed E-state index contributed by atoms with van der Waals surface area (Å²) in [5.74, 6) is -0.533. The highest BCUT2D eigenvalue weighted by Gasteiger charge is 2.35. The number of aryl methyl sites for hydroxylation is 1. The van der Waals surface area contributed by atoms with Crippen LogP contribution < -0.4 is 24.4 Å². The number of thiazole rings is 1. The van der Waals surface area contributed by atoms with Crippen molar-refractivity contribution in [2.45, 2.75) is 33.7 Å². The Bertz CT molecular complexity index is 1960. The predicted octanol–water partition coefficient (Wildman–Crippen LogP) is 3.92. The van der Waals surface area contributed by atoms with Gasteiger partial charge in [0.05, 0.1) is 42.2 Å². The number of rotatable bonds is 8. The van der Waals surface area contributed by atoms with E-state index in [2.05, 4.69) is 4.99 Å².